The second-order valence-electron chi connectivity index (χ2n) is 3.82. The maximum atomic E-state index is 12.0. The Morgan fingerprint density at radius 2 is 2.17 bits per heavy atom. The van der Waals surface area contributed by atoms with Gasteiger partial charge in [0.05, 0.1) is 11.7 Å². The van der Waals surface area contributed by atoms with Crippen molar-refractivity contribution in [1.82, 2.24) is 15.2 Å². The number of alkyl halides is 3. The molecule has 1 rings (SSSR count). The van der Waals surface area contributed by atoms with E-state index in [1.165, 1.54) is 11.9 Å². The first-order chi connectivity index (χ1) is 8.31. The van der Waals surface area contributed by atoms with Crippen LogP contribution < -0.4 is 5.32 Å². The first-order valence-electron chi connectivity index (χ1n) is 5.29. The normalized spacial score (nSPS) is 12.9. The SMILES string of the molecule is CC(c1ccccn1)N(C)C(=O)NCC(F)(F)F. The Morgan fingerprint density at radius 3 is 2.67 bits per heavy atom. The molecule has 0 saturated heterocycles. The van der Waals surface area contributed by atoms with Crippen LogP contribution in [-0.4, -0.2) is 35.7 Å². The van der Waals surface area contributed by atoms with E-state index in [0.717, 1.165) is 0 Å². The highest BCUT2D eigenvalue weighted by molar-refractivity contribution is 5.74. The minimum absolute atomic E-state index is 0.403. The molecule has 0 fully saturated rings. The zero-order chi connectivity index (χ0) is 13.8. The van der Waals surface area contributed by atoms with E-state index < -0.39 is 24.8 Å². The molecule has 2 amide bonds. The summed E-state index contributed by atoms with van der Waals surface area (Å²) in [4.78, 5) is 16.7. The van der Waals surface area contributed by atoms with Crippen LogP contribution in [0.2, 0.25) is 0 Å². The van der Waals surface area contributed by atoms with E-state index in [0.29, 0.717) is 5.69 Å². The molecule has 1 N–H and O–H groups in total. The van der Waals surface area contributed by atoms with Gasteiger partial charge in [0.25, 0.3) is 0 Å². The lowest BCUT2D eigenvalue weighted by molar-refractivity contribution is -0.123. The molecule has 18 heavy (non-hydrogen) atoms. The summed E-state index contributed by atoms with van der Waals surface area (Å²) in [6.45, 7) is 0.348. The third-order valence-corrected chi connectivity index (χ3v) is 2.46. The first-order valence-corrected chi connectivity index (χ1v) is 5.29. The van der Waals surface area contributed by atoms with Gasteiger partial charge in [-0.15, -0.1) is 0 Å². The van der Waals surface area contributed by atoms with Crippen LogP contribution in [0.1, 0.15) is 18.7 Å². The number of aromatic nitrogens is 1. The number of urea groups is 1. The Labute approximate surface area is 103 Å². The van der Waals surface area contributed by atoms with Crippen molar-refractivity contribution in [3.8, 4) is 0 Å². The zero-order valence-electron chi connectivity index (χ0n) is 10.0. The molecule has 4 nitrogen and oxygen atoms in total. The van der Waals surface area contributed by atoms with Gasteiger partial charge in [-0.2, -0.15) is 13.2 Å². The van der Waals surface area contributed by atoms with Crippen molar-refractivity contribution in [1.29, 1.82) is 0 Å². The first kappa shape index (κ1) is 14.3. The minimum atomic E-state index is -4.41. The van der Waals surface area contributed by atoms with E-state index in [4.69, 9.17) is 0 Å². The average Bonchev–Trinajstić information content (AvgIpc) is 2.34. The summed E-state index contributed by atoms with van der Waals surface area (Å²) in [5.41, 5.74) is 0.613. The van der Waals surface area contributed by atoms with Gasteiger partial charge in [0.1, 0.15) is 6.54 Å². The number of carbonyl (C=O) groups excluding carboxylic acids is 1. The van der Waals surface area contributed by atoms with Crippen LogP contribution in [-0.2, 0) is 0 Å². The van der Waals surface area contributed by atoms with Crippen molar-refractivity contribution >= 4 is 6.03 Å². The number of hydrogen-bond donors (Lipinski definition) is 1. The van der Waals surface area contributed by atoms with Crippen LogP contribution in [0, 0.1) is 0 Å². The summed E-state index contributed by atoms with van der Waals surface area (Å²) >= 11 is 0. The lowest BCUT2D eigenvalue weighted by Gasteiger charge is -2.25. The van der Waals surface area contributed by atoms with Gasteiger partial charge in [-0.05, 0) is 19.1 Å². The van der Waals surface area contributed by atoms with Gasteiger partial charge in [-0.1, -0.05) is 6.07 Å². The van der Waals surface area contributed by atoms with E-state index in [1.807, 2.05) is 5.32 Å². The number of amides is 2. The van der Waals surface area contributed by atoms with Crippen molar-refractivity contribution in [2.24, 2.45) is 0 Å². The highest BCUT2D eigenvalue weighted by Crippen LogP contribution is 2.16. The van der Waals surface area contributed by atoms with Crippen LogP contribution in [0.3, 0.4) is 0 Å². The van der Waals surface area contributed by atoms with Gasteiger partial charge in [-0.3, -0.25) is 4.98 Å². The van der Waals surface area contributed by atoms with Crippen LogP contribution >= 0.6 is 0 Å². The van der Waals surface area contributed by atoms with Gasteiger partial charge < -0.3 is 10.2 Å². The monoisotopic (exact) mass is 261 g/mol. The van der Waals surface area contributed by atoms with E-state index >= 15 is 0 Å². The molecule has 1 aromatic heterocycles. The number of nitrogens with zero attached hydrogens (tertiary/aromatic N) is 2. The molecule has 0 bridgehead atoms. The van der Waals surface area contributed by atoms with Crippen molar-refractivity contribution in [3.63, 3.8) is 0 Å². The highest BCUT2D eigenvalue weighted by atomic mass is 19.4. The van der Waals surface area contributed by atoms with Gasteiger partial charge in [-0.25, -0.2) is 4.79 Å². The summed E-state index contributed by atoms with van der Waals surface area (Å²) in [6.07, 6.45) is -2.85. The van der Waals surface area contributed by atoms with Gasteiger partial charge in [0.15, 0.2) is 0 Å². The lowest BCUT2D eigenvalue weighted by atomic mass is 10.2. The third-order valence-electron chi connectivity index (χ3n) is 2.46. The third kappa shape index (κ3) is 4.23. The maximum Gasteiger partial charge on any atom is 0.405 e. The molecule has 0 aliphatic carbocycles. The van der Waals surface area contributed by atoms with Crippen molar-refractivity contribution in [2.45, 2.75) is 19.1 Å². The number of pyridine rings is 1. The van der Waals surface area contributed by atoms with E-state index in [-0.39, 0.29) is 0 Å². The molecule has 100 valence electrons. The fraction of sp³-hybridized carbons (Fsp3) is 0.455. The maximum absolute atomic E-state index is 12.0. The topological polar surface area (TPSA) is 45.2 Å². The van der Waals surface area contributed by atoms with Gasteiger partial charge in [0, 0.05) is 13.2 Å². The fourth-order valence-corrected chi connectivity index (χ4v) is 1.30. The zero-order valence-corrected chi connectivity index (χ0v) is 10.0. The van der Waals surface area contributed by atoms with E-state index in [1.54, 1.807) is 31.3 Å². The molecule has 0 saturated carbocycles. The van der Waals surface area contributed by atoms with Crippen molar-refractivity contribution in [3.05, 3.63) is 30.1 Å². The van der Waals surface area contributed by atoms with Gasteiger partial charge in [0.2, 0.25) is 0 Å². The number of hydrogen-bond acceptors (Lipinski definition) is 2. The number of carbonyl (C=O) groups is 1. The van der Waals surface area contributed by atoms with Crippen molar-refractivity contribution < 1.29 is 18.0 Å². The molecule has 1 atom stereocenters. The molecule has 1 heterocycles. The van der Waals surface area contributed by atoms with Crippen LogP contribution in [0.5, 0.6) is 0 Å². The Kier molecular flexibility index (Phi) is 4.52. The fourth-order valence-electron chi connectivity index (χ4n) is 1.30. The molecule has 0 spiro atoms. The van der Waals surface area contributed by atoms with Crippen LogP contribution in [0.4, 0.5) is 18.0 Å². The average molecular weight is 261 g/mol. The molecule has 7 heteroatoms. The van der Waals surface area contributed by atoms with Crippen LogP contribution in [0.25, 0.3) is 0 Å². The van der Waals surface area contributed by atoms with Gasteiger partial charge >= 0.3 is 12.2 Å². The second kappa shape index (κ2) is 5.70. The molecule has 1 aromatic rings. The second-order valence-corrected chi connectivity index (χ2v) is 3.82. The molecule has 0 aromatic carbocycles. The molecule has 1 unspecified atom stereocenters. The predicted molar refractivity (Wildman–Crippen MR) is 59.9 cm³/mol. The molecule has 0 aliphatic rings. The molecule has 0 radical (unpaired) electrons. The summed E-state index contributed by atoms with van der Waals surface area (Å²) in [5.74, 6) is 0. The molecular formula is C11H14F3N3O. The summed E-state index contributed by atoms with van der Waals surface area (Å²) in [7, 11) is 1.42. The largest absolute Gasteiger partial charge is 0.405 e. The number of nitrogens with one attached hydrogen (secondary N) is 1. The summed E-state index contributed by atoms with van der Waals surface area (Å²) in [6, 6.07) is 3.99. The van der Waals surface area contributed by atoms with E-state index in [2.05, 4.69) is 4.98 Å². The smallest absolute Gasteiger partial charge is 0.329 e. The molecular weight excluding hydrogens is 247 g/mol. The molecule has 0 aliphatic heterocycles. The number of rotatable bonds is 3. The standard InChI is InChI=1S/C11H14F3N3O/c1-8(9-5-3-4-6-15-9)17(2)10(18)16-7-11(12,13)14/h3-6,8H,7H2,1-2H3,(H,16,18). The minimum Gasteiger partial charge on any atom is -0.329 e. The Bertz CT molecular complexity index is 394. The van der Waals surface area contributed by atoms with Crippen molar-refractivity contribution in [2.75, 3.05) is 13.6 Å². The lowest BCUT2D eigenvalue weighted by Crippen LogP contribution is -2.42. The Morgan fingerprint density at radius 1 is 1.50 bits per heavy atom. The quantitative estimate of drug-likeness (QED) is 0.907. The Hall–Kier alpha value is -1.79. The highest BCUT2D eigenvalue weighted by Gasteiger charge is 2.29. The van der Waals surface area contributed by atoms with Crippen LogP contribution in [0.15, 0.2) is 24.4 Å². The summed E-state index contributed by atoms with van der Waals surface area (Å²) < 4.78 is 35.9. The summed E-state index contributed by atoms with van der Waals surface area (Å²) in [5, 5.41) is 1.81. The van der Waals surface area contributed by atoms with E-state index in [9.17, 15) is 18.0 Å². The Balaban J connectivity index is 2.59. The predicted octanol–water partition coefficient (Wildman–Crippen LogP) is 2.35. The number of halogens is 3.